The zero-order chi connectivity index (χ0) is 14.3. The van der Waals surface area contributed by atoms with Crippen LogP contribution in [0.2, 0.25) is 0 Å². The Morgan fingerprint density at radius 3 is 2.75 bits per heavy atom. The number of hydrogen-bond acceptors (Lipinski definition) is 4. The lowest BCUT2D eigenvalue weighted by atomic mass is 10.2. The van der Waals surface area contributed by atoms with E-state index < -0.39 is 23.2 Å². The summed E-state index contributed by atoms with van der Waals surface area (Å²) in [4.78, 5) is 16.9. The normalized spacial score (nSPS) is 10.9. The second-order valence-electron chi connectivity index (χ2n) is 4.03. The molecule has 1 N–H and O–H groups in total. The van der Waals surface area contributed by atoms with Crippen LogP contribution in [-0.2, 0) is 0 Å². The summed E-state index contributed by atoms with van der Waals surface area (Å²) in [7, 11) is 0. The van der Waals surface area contributed by atoms with Crippen LogP contribution < -0.4 is 5.32 Å². The molecule has 0 radical (unpaired) electrons. The standard InChI is InChI=1S/C12H8F2N4OS/c1-6-10(18-12(16-6)20-5-15-18)11(19)17-9-7(13)3-2-4-8(9)14/h2-5H,1H3,(H,17,19). The Bertz CT molecular complexity index is 791. The number of aryl methyl sites for hydroxylation is 1. The van der Waals surface area contributed by atoms with Gasteiger partial charge in [-0.15, -0.1) is 0 Å². The fourth-order valence-corrected chi connectivity index (χ4v) is 2.51. The Balaban J connectivity index is 2.01. The van der Waals surface area contributed by atoms with Crippen LogP contribution in [0, 0.1) is 18.6 Å². The van der Waals surface area contributed by atoms with Crippen LogP contribution in [0.3, 0.4) is 0 Å². The topological polar surface area (TPSA) is 59.3 Å². The lowest BCUT2D eigenvalue weighted by molar-refractivity contribution is 0.101. The molecule has 0 fully saturated rings. The maximum absolute atomic E-state index is 13.5. The Morgan fingerprint density at radius 2 is 2.05 bits per heavy atom. The molecule has 8 heteroatoms. The zero-order valence-corrected chi connectivity index (χ0v) is 11.0. The molecular formula is C12H8F2N4OS. The number of nitrogens with zero attached hydrogens (tertiary/aromatic N) is 3. The number of nitrogens with one attached hydrogen (secondary N) is 1. The number of hydrogen-bond donors (Lipinski definition) is 1. The summed E-state index contributed by atoms with van der Waals surface area (Å²) >= 11 is 1.26. The van der Waals surface area contributed by atoms with Gasteiger partial charge in [-0.1, -0.05) is 17.4 Å². The van der Waals surface area contributed by atoms with Crippen LogP contribution >= 0.6 is 11.3 Å². The minimum absolute atomic E-state index is 0.156. The van der Waals surface area contributed by atoms with Crippen molar-refractivity contribution in [1.82, 2.24) is 14.6 Å². The highest BCUT2D eigenvalue weighted by molar-refractivity contribution is 7.14. The second-order valence-corrected chi connectivity index (χ2v) is 4.84. The SMILES string of the molecule is Cc1nc2scnn2c1C(=O)Nc1c(F)cccc1F. The van der Waals surface area contributed by atoms with Crippen LogP contribution in [0.15, 0.2) is 23.7 Å². The predicted molar refractivity (Wildman–Crippen MR) is 69.9 cm³/mol. The third kappa shape index (κ3) is 1.94. The van der Waals surface area contributed by atoms with Crippen molar-refractivity contribution in [2.45, 2.75) is 6.92 Å². The first kappa shape index (κ1) is 12.7. The number of aromatic nitrogens is 3. The van der Waals surface area contributed by atoms with E-state index in [0.717, 1.165) is 12.1 Å². The molecule has 0 saturated carbocycles. The fraction of sp³-hybridized carbons (Fsp3) is 0.0833. The van der Waals surface area contributed by atoms with Crippen LogP contribution in [-0.4, -0.2) is 20.5 Å². The molecule has 20 heavy (non-hydrogen) atoms. The average molecular weight is 294 g/mol. The van der Waals surface area contributed by atoms with E-state index in [1.54, 1.807) is 6.92 Å². The number of halogens is 2. The molecule has 0 unspecified atom stereocenters. The van der Waals surface area contributed by atoms with Crippen LogP contribution in [0.25, 0.3) is 4.96 Å². The van der Waals surface area contributed by atoms with Crippen molar-refractivity contribution in [1.29, 1.82) is 0 Å². The van der Waals surface area contributed by atoms with Gasteiger partial charge >= 0.3 is 0 Å². The van der Waals surface area contributed by atoms with Crippen molar-refractivity contribution < 1.29 is 13.6 Å². The monoisotopic (exact) mass is 294 g/mol. The number of amides is 1. The van der Waals surface area contributed by atoms with Crippen LogP contribution in [0.1, 0.15) is 16.2 Å². The highest BCUT2D eigenvalue weighted by Gasteiger charge is 2.20. The van der Waals surface area contributed by atoms with Crippen LogP contribution in [0.5, 0.6) is 0 Å². The van der Waals surface area contributed by atoms with E-state index in [1.165, 1.54) is 27.4 Å². The molecule has 2 aromatic heterocycles. The van der Waals surface area contributed by atoms with Gasteiger partial charge in [-0.2, -0.15) is 9.61 Å². The van der Waals surface area contributed by atoms with E-state index in [-0.39, 0.29) is 5.69 Å². The Morgan fingerprint density at radius 1 is 1.35 bits per heavy atom. The first-order valence-corrected chi connectivity index (χ1v) is 6.50. The maximum atomic E-state index is 13.5. The van der Waals surface area contributed by atoms with Gasteiger partial charge in [0.05, 0.1) is 5.69 Å². The lowest BCUT2D eigenvalue weighted by Gasteiger charge is -2.06. The molecule has 0 saturated heterocycles. The average Bonchev–Trinajstić information content (AvgIpc) is 2.93. The van der Waals surface area contributed by atoms with E-state index in [1.807, 2.05) is 0 Å². The Hall–Kier alpha value is -2.35. The summed E-state index contributed by atoms with van der Waals surface area (Å²) < 4.78 is 28.4. The number of carbonyl (C=O) groups is 1. The molecule has 3 aromatic rings. The first-order valence-electron chi connectivity index (χ1n) is 5.62. The molecule has 0 spiro atoms. The van der Waals surface area contributed by atoms with Gasteiger partial charge in [0.25, 0.3) is 5.91 Å². The van der Waals surface area contributed by atoms with Crippen molar-refractivity contribution in [3.8, 4) is 0 Å². The molecule has 0 aliphatic heterocycles. The number of carbonyl (C=O) groups excluding carboxylic acids is 1. The number of fused-ring (bicyclic) bond motifs is 1. The molecule has 1 aromatic carbocycles. The molecule has 2 heterocycles. The number of benzene rings is 1. The van der Waals surface area contributed by atoms with E-state index in [9.17, 15) is 13.6 Å². The maximum Gasteiger partial charge on any atom is 0.276 e. The minimum atomic E-state index is -0.838. The molecular weight excluding hydrogens is 286 g/mol. The van der Waals surface area contributed by atoms with Crippen molar-refractivity contribution >= 4 is 27.9 Å². The number of anilines is 1. The van der Waals surface area contributed by atoms with Crippen molar-refractivity contribution in [3.63, 3.8) is 0 Å². The van der Waals surface area contributed by atoms with Gasteiger partial charge < -0.3 is 5.32 Å². The van der Waals surface area contributed by atoms with Gasteiger partial charge in [0.2, 0.25) is 4.96 Å². The quantitative estimate of drug-likeness (QED) is 0.790. The first-order chi connectivity index (χ1) is 9.58. The molecule has 0 aliphatic rings. The molecule has 0 aliphatic carbocycles. The summed E-state index contributed by atoms with van der Waals surface area (Å²) in [5.74, 6) is -2.34. The number of imidazole rings is 1. The Labute approximate surface area is 115 Å². The second kappa shape index (κ2) is 4.64. The predicted octanol–water partition coefficient (Wildman–Crippen LogP) is 2.63. The van der Waals surface area contributed by atoms with Crippen molar-refractivity contribution in [2.24, 2.45) is 0 Å². The number of para-hydroxylation sites is 1. The molecule has 5 nitrogen and oxygen atoms in total. The molecule has 3 rings (SSSR count). The van der Waals surface area contributed by atoms with E-state index >= 15 is 0 Å². The third-order valence-corrected chi connectivity index (χ3v) is 3.41. The summed E-state index contributed by atoms with van der Waals surface area (Å²) in [6, 6.07) is 3.36. The molecule has 1 amide bonds. The molecule has 0 bridgehead atoms. The van der Waals surface area contributed by atoms with Gasteiger partial charge in [-0.3, -0.25) is 4.79 Å². The molecule has 102 valence electrons. The van der Waals surface area contributed by atoms with E-state index in [0.29, 0.717) is 10.7 Å². The highest BCUT2D eigenvalue weighted by atomic mass is 32.1. The Kier molecular flexibility index (Phi) is 2.94. The van der Waals surface area contributed by atoms with Crippen molar-refractivity contribution in [2.75, 3.05) is 5.32 Å². The van der Waals surface area contributed by atoms with E-state index in [4.69, 9.17) is 0 Å². The van der Waals surface area contributed by atoms with Gasteiger partial charge in [0.15, 0.2) is 5.69 Å². The summed E-state index contributed by atoms with van der Waals surface area (Å²) in [6.07, 6.45) is 0. The number of rotatable bonds is 2. The van der Waals surface area contributed by atoms with Gasteiger partial charge in [-0.05, 0) is 19.1 Å². The van der Waals surface area contributed by atoms with Crippen molar-refractivity contribution in [3.05, 3.63) is 46.7 Å². The smallest absolute Gasteiger partial charge is 0.276 e. The lowest BCUT2D eigenvalue weighted by Crippen LogP contribution is -2.17. The largest absolute Gasteiger partial charge is 0.316 e. The summed E-state index contributed by atoms with van der Waals surface area (Å²) in [5, 5.41) is 6.19. The minimum Gasteiger partial charge on any atom is -0.316 e. The van der Waals surface area contributed by atoms with Gasteiger partial charge in [-0.25, -0.2) is 13.8 Å². The summed E-state index contributed by atoms with van der Waals surface area (Å²) in [5.41, 5.74) is 1.65. The van der Waals surface area contributed by atoms with Crippen LogP contribution in [0.4, 0.5) is 14.5 Å². The highest BCUT2D eigenvalue weighted by Crippen LogP contribution is 2.21. The summed E-state index contributed by atoms with van der Waals surface area (Å²) in [6.45, 7) is 1.63. The van der Waals surface area contributed by atoms with Gasteiger partial charge in [0, 0.05) is 0 Å². The van der Waals surface area contributed by atoms with E-state index in [2.05, 4.69) is 15.4 Å². The fourth-order valence-electron chi connectivity index (χ4n) is 1.84. The molecule has 0 atom stereocenters. The third-order valence-electron chi connectivity index (χ3n) is 2.74. The van der Waals surface area contributed by atoms with Gasteiger partial charge in [0.1, 0.15) is 22.8 Å². The zero-order valence-electron chi connectivity index (χ0n) is 10.2.